The van der Waals surface area contributed by atoms with Gasteiger partial charge in [-0.15, -0.1) is 11.3 Å². The standard InChI is InChI=1S/C52H33NS/c1-3-15-35(16-4-1)47-29-30-48(36-17-5-2-6-18-36)53(47)38-27-28-44-46(33-38)52(41-24-13-19-34-14-7-8-20-39(34)41)43-23-10-9-22-42(43)51(44)37-26-31-50-45(32-37)40-21-11-12-25-49(40)54-50/h1-33H. The Kier molecular flexibility index (Phi) is 7.11. The van der Waals surface area contributed by atoms with Crippen molar-refractivity contribution in [3.63, 3.8) is 0 Å². The van der Waals surface area contributed by atoms with E-state index in [0.29, 0.717) is 0 Å². The van der Waals surface area contributed by atoms with Crippen LogP contribution >= 0.6 is 11.3 Å². The molecule has 0 unspecified atom stereocenters. The maximum atomic E-state index is 2.44. The van der Waals surface area contributed by atoms with Gasteiger partial charge in [-0.3, -0.25) is 0 Å². The smallest absolute Gasteiger partial charge is 0.0535 e. The first-order valence-corrected chi connectivity index (χ1v) is 19.3. The van der Waals surface area contributed by atoms with Gasteiger partial charge in [0.15, 0.2) is 0 Å². The van der Waals surface area contributed by atoms with E-state index in [0.717, 1.165) is 17.1 Å². The number of hydrogen-bond donors (Lipinski definition) is 0. The van der Waals surface area contributed by atoms with E-state index in [1.165, 1.54) is 85.9 Å². The van der Waals surface area contributed by atoms with E-state index in [4.69, 9.17) is 0 Å². The summed E-state index contributed by atoms with van der Waals surface area (Å²) >= 11 is 1.87. The molecule has 0 amide bonds. The topological polar surface area (TPSA) is 4.93 Å². The molecular weight excluding hydrogens is 671 g/mol. The first kappa shape index (κ1) is 30.8. The third-order valence-electron chi connectivity index (χ3n) is 11.0. The summed E-state index contributed by atoms with van der Waals surface area (Å²) in [4.78, 5) is 0. The Hall–Kier alpha value is -6.74. The van der Waals surface area contributed by atoms with Crippen LogP contribution in [-0.4, -0.2) is 4.57 Å². The molecule has 0 aliphatic rings. The summed E-state index contributed by atoms with van der Waals surface area (Å²) in [7, 11) is 0. The average Bonchev–Trinajstić information content (AvgIpc) is 3.85. The Morgan fingerprint density at radius 3 is 1.63 bits per heavy atom. The van der Waals surface area contributed by atoms with Crippen LogP contribution in [0.5, 0.6) is 0 Å². The fourth-order valence-electron chi connectivity index (χ4n) is 8.61. The molecule has 9 aromatic carbocycles. The molecule has 0 aliphatic carbocycles. The van der Waals surface area contributed by atoms with Gasteiger partial charge in [-0.25, -0.2) is 0 Å². The number of aromatic nitrogens is 1. The minimum atomic E-state index is 1.13. The number of thiophene rings is 1. The molecule has 0 bridgehead atoms. The largest absolute Gasteiger partial charge is 0.309 e. The quantitative estimate of drug-likeness (QED) is 0.157. The Labute approximate surface area is 317 Å². The summed E-state index contributed by atoms with van der Waals surface area (Å²) in [5.74, 6) is 0. The van der Waals surface area contributed by atoms with Gasteiger partial charge >= 0.3 is 0 Å². The van der Waals surface area contributed by atoms with Gasteiger partial charge in [0.2, 0.25) is 0 Å². The van der Waals surface area contributed by atoms with Gasteiger partial charge in [-0.05, 0) is 108 Å². The Morgan fingerprint density at radius 1 is 0.315 bits per heavy atom. The molecule has 0 fully saturated rings. The molecule has 0 spiro atoms. The molecule has 11 rings (SSSR count). The number of nitrogens with zero attached hydrogens (tertiary/aromatic N) is 1. The molecule has 0 atom stereocenters. The molecular formula is C52H33NS. The first-order valence-electron chi connectivity index (χ1n) is 18.5. The van der Waals surface area contributed by atoms with Crippen LogP contribution < -0.4 is 0 Å². The summed E-state index contributed by atoms with van der Waals surface area (Å²) < 4.78 is 5.08. The predicted octanol–water partition coefficient (Wildman–Crippen LogP) is 15.0. The van der Waals surface area contributed by atoms with E-state index >= 15 is 0 Å². The molecule has 1 nitrogen and oxygen atoms in total. The normalized spacial score (nSPS) is 11.7. The van der Waals surface area contributed by atoms with Gasteiger partial charge < -0.3 is 4.57 Å². The maximum absolute atomic E-state index is 2.44. The zero-order chi connectivity index (χ0) is 35.6. The second kappa shape index (κ2) is 12.4. The van der Waals surface area contributed by atoms with Crippen LogP contribution in [0.3, 0.4) is 0 Å². The van der Waals surface area contributed by atoms with Gasteiger partial charge in [-0.1, -0.05) is 158 Å². The fourth-order valence-corrected chi connectivity index (χ4v) is 9.70. The number of hydrogen-bond acceptors (Lipinski definition) is 1. The second-order valence-corrected chi connectivity index (χ2v) is 15.1. The van der Waals surface area contributed by atoms with Crippen molar-refractivity contribution in [2.45, 2.75) is 0 Å². The summed E-state index contributed by atoms with van der Waals surface area (Å²) in [6.07, 6.45) is 0. The van der Waals surface area contributed by atoms with Crippen LogP contribution in [0.2, 0.25) is 0 Å². The van der Waals surface area contributed by atoms with Crippen molar-refractivity contribution in [2.75, 3.05) is 0 Å². The van der Waals surface area contributed by atoms with Crippen LogP contribution in [0.25, 0.3) is 103 Å². The molecule has 0 saturated carbocycles. The molecule has 252 valence electrons. The minimum Gasteiger partial charge on any atom is -0.309 e. The van der Waals surface area contributed by atoms with Gasteiger partial charge in [0.25, 0.3) is 0 Å². The summed E-state index contributed by atoms with van der Waals surface area (Å²) in [6.45, 7) is 0. The van der Waals surface area contributed by atoms with Crippen molar-refractivity contribution in [1.82, 2.24) is 4.57 Å². The van der Waals surface area contributed by atoms with Crippen LogP contribution in [0, 0.1) is 0 Å². The van der Waals surface area contributed by atoms with Gasteiger partial charge in [-0.2, -0.15) is 0 Å². The van der Waals surface area contributed by atoms with Crippen molar-refractivity contribution in [1.29, 1.82) is 0 Å². The molecule has 0 saturated heterocycles. The van der Waals surface area contributed by atoms with Crippen LogP contribution in [0.15, 0.2) is 200 Å². The third kappa shape index (κ3) is 4.85. The highest BCUT2D eigenvalue weighted by molar-refractivity contribution is 7.25. The van der Waals surface area contributed by atoms with E-state index in [1.54, 1.807) is 0 Å². The fraction of sp³-hybridized carbons (Fsp3) is 0. The van der Waals surface area contributed by atoms with E-state index < -0.39 is 0 Å². The monoisotopic (exact) mass is 703 g/mol. The highest BCUT2D eigenvalue weighted by atomic mass is 32.1. The molecule has 54 heavy (non-hydrogen) atoms. The van der Waals surface area contributed by atoms with Crippen molar-refractivity contribution in [3.8, 4) is 50.5 Å². The summed E-state index contributed by atoms with van der Waals surface area (Å²) in [5.41, 5.74) is 10.8. The number of benzene rings is 9. The lowest BCUT2D eigenvalue weighted by atomic mass is 9.84. The van der Waals surface area contributed by atoms with Crippen molar-refractivity contribution in [2.24, 2.45) is 0 Å². The molecule has 2 heterocycles. The first-order chi connectivity index (χ1) is 26.8. The van der Waals surface area contributed by atoms with Crippen molar-refractivity contribution < 1.29 is 0 Å². The average molecular weight is 704 g/mol. The summed E-state index contributed by atoms with van der Waals surface area (Å²) in [5, 5.41) is 10.1. The SMILES string of the molecule is c1ccc(-c2ccc(-c3ccccc3)n2-c2ccc3c(-c4ccc5sc6ccccc6c5c4)c4ccccc4c(-c4cccc5ccccc45)c3c2)cc1. The van der Waals surface area contributed by atoms with Crippen LogP contribution in [0.4, 0.5) is 0 Å². The zero-order valence-electron chi connectivity index (χ0n) is 29.4. The molecule has 2 aromatic heterocycles. The molecule has 2 heteroatoms. The Bertz CT molecular complexity index is 3140. The lowest BCUT2D eigenvalue weighted by molar-refractivity contribution is 1.10. The van der Waals surface area contributed by atoms with E-state index in [2.05, 4.69) is 205 Å². The third-order valence-corrected chi connectivity index (χ3v) is 12.2. The second-order valence-electron chi connectivity index (χ2n) is 14.0. The van der Waals surface area contributed by atoms with E-state index in [1.807, 2.05) is 11.3 Å². The maximum Gasteiger partial charge on any atom is 0.0535 e. The predicted molar refractivity (Wildman–Crippen MR) is 233 cm³/mol. The molecule has 0 radical (unpaired) electrons. The van der Waals surface area contributed by atoms with E-state index in [9.17, 15) is 0 Å². The lowest BCUT2D eigenvalue weighted by Crippen LogP contribution is -2.00. The van der Waals surface area contributed by atoms with Gasteiger partial charge in [0.1, 0.15) is 0 Å². The minimum absolute atomic E-state index is 1.13. The molecule has 0 N–H and O–H groups in total. The van der Waals surface area contributed by atoms with Gasteiger partial charge in [0.05, 0.1) is 11.4 Å². The number of rotatable bonds is 5. The van der Waals surface area contributed by atoms with E-state index in [-0.39, 0.29) is 0 Å². The lowest BCUT2D eigenvalue weighted by Gasteiger charge is -2.21. The van der Waals surface area contributed by atoms with Gasteiger partial charge in [0, 0.05) is 25.9 Å². The molecule has 0 aliphatic heterocycles. The molecule has 11 aromatic rings. The Balaban J connectivity index is 1.27. The van der Waals surface area contributed by atoms with Crippen molar-refractivity contribution in [3.05, 3.63) is 200 Å². The van der Waals surface area contributed by atoms with Crippen LogP contribution in [-0.2, 0) is 0 Å². The van der Waals surface area contributed by atoms with Crippen molar-refractivity contribution >= 4 is 63.8 Å². The number of fused-ring (bicyclic) bond motifs is 6. The highest BCUT2D eigenvalue weighted by Gasteiger charge is 2.21. The van der Waals surface area contributed by atoms with Crippen LogP contribution in [0.1, 0.15) is 0 Å². The Morgan fingerprint density at radius 2 is 0.889 bits per heavy atom. The zero-order valence-corrected chi connectivity index (χ0v) is 30.2. The highest BCUT2D eigenvalue weighted by Crippen LogP contribution is 2.47. The summed E-state index contributed by atoms with van der Waals surface area (Å²) in [6, 6.07) is 73.6.